The Balaban J connectivity index is 1.77. The van der Waals surface area contributed by atoms with E-state index in [4.69, 9.17) is 9.47 Å². The molecule has 0 spiro atoms. The first-order valence-electron chi connectivity index (χ1n) is 8.36. The zero-order chi connectivity index (χ0) is 19.6. The lowest BCUT2D eigenvalue weighted by molar-refractivity contribution is 0.0739. The summed E-state index contributed by atoms with van der Waals surface area (Å²) in [7, 11) is 2.94. The zero-order valence-corrected chi connectivity index (χ0v) is 15.0. The molecule has 1 fully saturated rings. The molecular weight excluding hydrogens is 361 g/mol. The molecule has 1 amide bonds. The van der Waals surface area contributed by atoms with E-state index in [9.17, 15) is 18.0 Å². The molecule has 1 aliphatic rings. The Morgan fingerprint density at radius 2 is 1.48 bits per heavy atom. The maximum absolute atomic E-state index is 14.0. The van der Waals surface area contributed by atoms with Gasteiger partial charge in [-0.15, -0.1) is 0 Å². The number of nitrogens with zero attached hydrogens (tertiary/aromatic N) is 2. The minimum atomic E-state index is -1.50. The molecule has 0 aliphatic carbocycles. The summed E-state index contributed by atoms with van der Waals surface area (Å²) >= 11 is 0. The van der Waals surface area contributed by atoms with Crippen molar-refractivity contribution in [3.63, 3.8) is 0 Å². The standard InChI is InChI=1S/C19H19F3N2O3/c1-26-14-4-3-5-15(27-2)16(14)19(25)24-10-8-23(9-11-24)13-7-6-12(20)17(21)18(13)22/h3-7H,8-11H2,1-2H3. The second-order valence-corrected chi connectivity index (χ2v) is 6.01. The van der Waals surface area contributed by atoms with Gasteiger partial charge in [0.1, 0.15) is 17.1 Å². The molecule has 5 nitrogen and oxygen atoms in total. The Morgan fingerprint density at radius 1 is 0.889 bits per heavy atom. The molecule has 1 saturated heterocycles. The molecule has 0 bridgehead atoms. The normalized spacial score (nSPS) is 14.3. The van der Waals surface area contributed by atoms with Crippen molar-refractivity contribution in [2.45, 2.75) is 0 Å². The SMILES string of the molecule is COc1cccc(OC)c1C(=O)N1CCN(c2ccc(F)c(F)c2F)CC1. The molecule has 0 radical (unpaired) electrons. The van der Waals surface area contributed by atoms with E-state index in [0.717, 1.165) is 6.07 Å². The number of ether oxygens (including phenoxy) is 2. The molecule has 1 aliphatic heterocycles. The maximum atomic E-state index is 14.0. The number of hydrogen-bond acceptors (Lipinski definition) is 4. The summed E-state index contributed by atoms with van der Waals surface area (Å²) in [4.78, 5) is 16.1. The topological polar surface area (TPSA) is 42.0 Å². The van der Waals surface area contributed by atoms with Crippen molar-refractivity contribution in [2.24, 2.45) is 0 Å². The van der Waals surface area contributed by atoms with Gasteiger partial charge in [0.2, 0.25) is 0 Å². The quantitative estimate of drug-likeness (QED) is 0.765. The lowest BCUT2D eigenvalue weighted by Gasteiger charge is -2.36. The van der Waals surface area contributed by atoms with Crippen LogP contribution in [0.3, 0.4) is 0 Å². The summed E-state index contributed by atoms with van der Waals surface area (Å²) in [6, 6.07) is 7.16. The zero-order valence-electron chi connectivity index (χ0n) is 15.0. The molecule has 2 aromatic rings. The smallest absolute Gasteiger partial charge is 0.261 e. The van der Waals surface area contributed by atoms with E-state index in [1.807, 2.05) is 0 Å². The minimum absolute atomic E-state index is 0.0177. The van der Waals surface area contributed by atoms with Crippen LogP contribution in [-0.4, -0.2) is 51.2 Å². The Hall–Kier alpha value is -2.90. The predicted octanol–water partition coefficient (Wildman–Crippen LogP) is 3.08. The van der Waals surface area contributed by atoms with Gasteiger partial charge in [-0.3, -0.25) is 4.79 Å². The lowest BCUT2D eigenvalue weighted by Crippen LogP contribution is -2.49. The van der Waals surface area contributed by atoms with Gasteiger partial charge in [0.15, 0.2) is 17.5 Å². The fourth-order valence-corrected chi connectivity index (χ4v) is 3.13. The number of carbonyl (C=O) groups excluding carboxylic acids is 1. The first kappa shape index (κ1) is 18.9. The highest BCUT2D eigenvalue weighted by atomic mass is 19.2. The highest BCUT2D eigenvalue weighted by Crippen LogP contribution is 2.30. The molecule has 2 aromatic carbocycles. The average Bonchev–Trinajstić information content (AvgIpc) is 2.71. The number of benzene rings is 2. The second kappa shape index (κ2) is 7.77. The molecule has 0 unspecified atom stereocenters. The van der Waals surface area contributed by atoms with Crippen LogP contribution in [0.5, 0.6) is 11.5 Å². The molecule has 3 rings (SSSR count). The van der Waals surface area contributed by atoms with Gasteiger partial charge in [0.05, 0.1) is 19.9 Å². The van der Waals surface area contributed by atoms with Crippen molar-refractivity contribution in [1.82, 2.24) is 4.90 Å². The van der Waals surface area contributed by atoms with E-state index in [1.54, 1.807) is 28.0 Å². The average molecular weight is 380 g/mol. The minimum Gasteiger partial charge on any atom is -0.496 e. The molecule has 144 valence electrons. The molecule has 0 saturated carbocycles. The molecule has 8 heteroatoms. The van der Waals surface area contributed by atoms with Crippen LogP contribution in [0, 0.1) is 17.5 Å². The van der Waals surface area contributed by atoms with E-state index in [-0.39, 0.29) is 24.7 Å². The Kier molecular flexibility index (Phi) is 5.43. The number of hydrogen-bond donors (Lipinski definition) is 0. The number of methoxy groups -OCH3 is 2. The van der Waals surface area contributed by atoms with E-state index >= 15 is 0 Å². The highest BCUT2D eigenvalue weighted by molar-refractivity contribution is 5.99. The molecular formula is C19H19F3N2O3. The number of amides is 1. The fourth-order valence-electron chi connectivity index (χ4n) is 3.13. The van der Waals surface area contributed by atoms with Crippen molar-refractivity contribution in [2.75, 3.05) is 45.3 Å². The van der Waals surface area contributed by atoms with Crippen molar-refractivity contribution < 1.29 is 27.4 Å². The van der Waals surface area contributed by atoms with Crippen molar-refractivity contribution in [3.05, 3.63) is 53.3 Å². The van der Waals surface area contributed by atoms with Gasteiger partial charge in [-0.2, -0.15) is 0 Å². The first-order chi connectivity index (χ1) is 13.0. The van der Waals surface area contributed by atoms with E-state index in [1.165, 1.54) is 20.3 Å². The van der Waals surface area contributed by atoms with Crippen LogP contribution in [0.15, 0.2) is 30.3 Å². The van der Waals surface area contributed by atoms with Gasteiger partial charge in [-0.1, -0.05) is 6.07 Å². The predicted molar refractivity (Wildman–Crippen MR) is 94.0 cm³/mol. The van der Waals surface area contributed by atoms with E-state index in [0.29, 0.717) is 30.2 Å². The van der Waals surface area contributed by atoms with Crippen LogP contribution < -0.4 is 14.4 Å². The largest absolute Gasteiger partial charge is 0.496 e. The summed E-state index contributed by atoms with van der Waals surface area (Å²) < 4.78 is 51.1. The highest BCUT2D eigenvalue weighted by Gasteiger charge is 2.28. The third-order valence-electron chi connectivity index (χ3n) is 4.56. The fraction of sp³-hybridized carbons (Fsp3) is 0.316. The number of piperazine rings is 1. The molecule has 0 aromatic heterocycles. The van der Waals surface area contributed by atoms with Crippen LogP contribution in [0.1, 0.15) is 10.4 Å². The van der Waals surface area contributed by atoms with Gasteiger partial charge in [0.25, 0.3) is 5.91 Å². The summed E-state index contributed by atoms with van der Waals surface area (Å²) in [5.74, 6) is -3.42. The van der Waals surface area contributed by atoms with Crippen molar-refractivity contribution in [3.8, 4) is 11.5 Å². The molecule has 27 heavy (non-hydrogen) atoms. The van der Waals surface area contributed by atoms with Crippen LogP contribution >= 0.6 is 0 Å². The van der Waals surface area contributed by atoms with Crippen LogP contribution in [0.2, 0.25) is 0 Å². The first-order valence-corrected chi connectivity index (χ1v) is 8.36. The number of anilines is 1. The Labute approximate surface area is 154 Å². The van der Waals surface area contributed by atoms with Gasteiger partial charge < -0.3 is 19.3 Å². The number of halogens is 3. The summed E-state index contributed by atoms with van der Waals surface area (Å²) in [5.41, 5.74) is 0.297. The van der Waals surface area contributed by atoms with E-state index < -0.39 is 17.5 Å². The monoisotopic (exact) mass is 380 g/mol. The second-order valence-electron chi connectivity index (χ2n) is 6.01. The van der Waals surface area contributed by atoms with Crippen LogP contribution in [0.4, 0.5) is 18.9 Å². The van der Waals surface area contributed by atoms with Crippen LogP contribution in [0.25, 0.3) is 0 Å². The Bertz CT molecular complexity index is 830. The third-order valence-corrected chi connectivity index (χ3v) is 4.56. The maximum Gasteiger partial charge on any atom is 0.261 e. The van der Waals surface area contributed by atoms with Gasteiger partial charge >= 0.3 is 0 Å². The van der Waals surface area contributed by atoms with E-state index in [2.05, 4.69) is 0 Å². The lowest BCUT2D eigenvalue weighted by atomic mass is 10.1. The Morgan fingerprint density at radius 3 is 2.04 bits per heavy atom. The van der Waals surface area contributed by atoms with Gasteiger partial charge in [-0.05, 0) is 24.3 Å². The molecule has 0 atom stereocenters. The van der Waals surface area contributed by atoms with Crippen LogP contribution in [-0.2, 0) is 0 Å². The molecule has 1 heterocycles. The number of rotatable bonds is 4. The molecule has 0 N–H and O–H groups in total. The summed E-state index contributed by atoms with van der Waals surface area (Å²) in [6.07, 6.45) is 0. The third kappa shape index (κ3) is 3.51. The van der Waals surface area contributed by atoms with Crippen molar-refractivity contribution in [1.29, 1.82) is 0 Å². The van der Waals surface area contributed by atoms with Gasteiger partial charge in [-0.25, -0.2) is 13.2 Å². The number of carbonyl (C=O) groups is 1. The summed E-state index contributed by atoms with van der Waals surface area (Å²) in [6.45, 7) is 1.15. The van der Waals surface area contributed by atoms with Crippen molar-refractivity contribution >= 4 is 11.6 Å². The van der Waals surface area contributed by atoms with Gasteiger partial charge in [0, 0.05) is 26.2 Å². The summed E-state index contributed by atoms with van der Waals surface area (Å²) in [5, 5.41) is 0.